The Morgan fingerprint density at radius 1 is 1.11 bits per heavy atom. The summed E-state index contributed by atoms with van der Waals surface area (Å²) in [5.74, 6) is -0.999. The minimum Gasteiger partial charge on any atom is -0.337 e. The van der Waals surface area contributed by atoms with E-state index in [1.54, 1.807) is 11.8 Å². The van der Waals surface area contributed by atoms with Gasteiger partial charge in [-0.25, -0.2) is 4.98 Å². The molecule has 2 heterocycles. The molecule has 0 saturated carbocycles. The van der Waals surface area contributed by atoms with E-state index in [0.717, 1.165) is 12.1 Å². The summed E-state index contributed by atoms with van der Waals surface area (Å²) in [7, 11) is 0. The average molecular weight is 377 g/mol. The number of carbonyl (C=O) groups excluding carboxylic acids is 2. The molecule has 1 aliphatic rings. The maximum Gasteiger partial charge on any atom is 0.416 e. The fraction of sp³-hybridized carbons (Fsp3) is 0.368. The highest BCUT2D eigenvalue weighted by Gasteiger charge is 2.32. The lowest BCUT2D eigenvalue weighted by Gasteiger charge is -2.31. The van der Waals surface area contributed by atoms with Crippen LogP contribution >= 0.6 is 0 Å². The van der Waals surface area contributed by atoms with E-state index >= 15 is 0 Å². The van der Waals surface area contributed by atoms with E-state index in [4.69, 9.17) is 0 Å². The number of piperidine rings is 1. The minimum absolute atomic E-state index is 0.211. The number of likely N-dealkylation sites (tertiary alicyclic amines) is 1. The van der Waals surface area contributed by atoms with Crippen LogP contribution < -0.4 is 0 Å². The summed E-state index contributed by atoms with van der Waals surface area (Å²) in [4.78, 5) is 34.9. The van der Waals surface area contributed by atoms with Gasteiger partial charge in [0.1, 0.15) is 5.69 Å². The summed E-state index contributed by atoms with van der Waals surface area (Å²) >= 11 is 0. The third kappa shape index (κ3) is 4.32. The first-order valence-corrected chi connectivity index (χ1v) is 8.55. The van der Waals surface area contributed by atoms with Crippen LogP contribution in [-0.2, 0) is 6.18 Å². The van der Waals surface area contributed by atoms with Crippen molar-refractivity contribution in [1.82, 2.24) is 14.9 Å². The quantitative estimate of drug-likeness (QED) is 0.768. The Morgan fingerprint density at radius 2 is 1.81 bits per heavy atom. The second kappa shape index (κ2) is 7.46. The first kappa shape index (κ1) is 19.0. The van der Waals surface area contributed by atoms with Gasteiger partial charge in [0.15, 0.2) is 5.78 Å². The fourth-order valence-corrected chi connectivity index (χ4v) is 3.10. The summed E-state index contributed by atoms with van der Waals surface area (Å²) in [5.41, 5.74) is 0.332. The Labute approximate surface area is 154 Å². The number of benzene rings is 1. The molecule has 0 N–H and O–H groups in total. The maximum absolute atomic E-state index is 12.7. The molecule has 0 spiro atoms. The van der Waals surface area contributed by atoms with E-state index < -0.39 is 17.7 Å². The number of aromatic nitrogens is 2. The predicted octanol–water partition coefficient (Wildman–Crippen LogP) is 3.54. The number of hydrogen-bond donors (Lipinski definition) is 0. The molecule has 8 heteroatoms. The molecule has 1 unspecified atom stereocenters. The molecule has 2 aromatic rings. The van der Waals surface area contributed by atoms with Gasteiger partial charge in [-0.1, -0.05) is 12.1 Å². The Bertz CT molecular complexity index is 833. The van der Waals surface area contributed by atoms with E-state index in [1.807, 2.05) is 0 Å². The van der Waals surface area contributed by atoms with Crippen LogP contribution in [0.4, 0.5) is 13.2 Å². The van der Waals surface area contributed by atoms with E-state index in [-0.39, 0.29) is 29.5 Å². The zero-order valence-electron chi connectivity index (χ0n) is 14.7. The van der Waals surface area contributed by atoms with Crippen LogP contribution in [0.1, 0.15) is 44.9 Å². The van der Waals surface area contributed by atoms with Gasteiger partial charge in [-0.15, -0.1) is 0 Å². The molecule has 142 valence electrons. The molecular formula is C19H18F3N3O2. The van der Waals surface area contributed by atoms with Gasteiger partial charge in [0.25, 0.3) is 5.91 Å². The monoisotopic (exact) mass is 377 g/mol. The van der Waals surface area contributed by atoms with E-state index in [9.17, 15) is 22.8 Å². The molecule has 1 fully saturated rings. The standard InChI is InChI=1S/C19H18F3N3O2/c1-12-9-24-16(10-23-12)18(27)25-8-2-3-14(11-25)17(26)13-4-6-15(7-5-13)19(20,21)22/h4-7,9-10,14H,2-3,8,11H2,1H3. The van der Waals surface area contributed by atoms with Crippen LogP contribution in [0.15, 0.2) is 36.7 Å². The lowest BCUT2D eigenvalue weighted by molar-refractivity contribution is -0.137. The third-order valence-electron chi connectivity index (χ3n) is 4.58. The Hall–Kier alpha value is -2.77. The van der Waals surface area contributed by atoms with E-state index in [2.05, 4.69) is 9.97 Å². The highest BCUT2D eigenvalue weighted by atomic mass is 19.4. The van der Waals surface area contributed by atoms with Crippen molar-refractivity contribution in [3.05, 3.63) is 59.2 Å². The van der Waals surface area contributed by atoms with Gasteiger partial charge in [0, 0.05) is 30.8 Å². The summed E-state index contributed by atoms with van der Waals surface area (Å²) in [6.45, 7) is 2.49. The van der Waals surface area contributed by atoms with Crippen LogP contribution in [-0.4, -0.2) is 39.6 Å². The first-order chi connectivity index (χ1) is 12.8. The summed E-state index contributed by atoms with van der Waals surface area (Å²) in [6, 6.07) is 4.19. The van der Waals surface area contributed by atoms with Crippen molar-refractivity contribution in [2.45, 2.75) is 25.9 Å². The molecule has 0 aliphatic carbocycles. The highest BCUT2D eigenvalue weighted by Crippen LogP contribution is 2.30. The second-order valence-electron chi connectivity index (χ2n) is 6.57. The number of Topliss-reactive ketones (excluding diaryl/α,β-unsaturated/α-hetero) is 1. The third-order valence-corrected chi connectivity index (χ3v) is 4.58. The van der Waals surface area contributed by atoms with Crippen LogP contribution in [0, 0.1) is 12.8 Å². The molecule has 1 saturated heterocycles. The number of rotatable bonds is 3. The summed E-state index contributed by atoms with van der Waals surface area (Å²) < 4.78 is 38.0. The molecule has 1 atom stereocenters. The van der Waals surface area contributed by atoms with E-state index in [0.29, 0.717) is 25.1 Å². The number of nitrogens with zero attached hydrogens (tertiary/aromatic N) is 3. The Kier molecular flexibility index (Phi) is 5.25. The molecule has 0 radical (unpaired) electrons. The van der Waals surface area contributed by atoms with Crippen molar-refractivity contribution >= 4 is 11.7 Å². The lowest BCUT2D eigenvalue weighted by atomic mass is 9.89. The van der Waals surface area contributed by atoms with Crippen molar-refractivity contribution in [3.8, 4) is 0 Å². The normalized spacial score (nSPS) is 17.6. The highest BCUT2D eigenvalue weighted by molar-refractivity contribution is 5.99. The number of alkyl halides is 3. The molecule has 1 aromatic carbocycles. The van der Waals surface area contributed by atoms with Gasteiger partial charge in [-0.3, -0.25) is 14.6 Å². The largest absolute Gasteiger partial charge is 0.416 e. The van der Waals surface area contributed by atoms with Crippen molar-refractivity contribution < 1.29 is 22.8 Å². The molecule has 1 aromatic heterocycles. The molecule has 5 nitrogen and oxygen atoms in total. The molecule has 1 aliphatic heterocycles. The van der Waals surface area contributed by atoms with Crippen LogP contribution in [0.25, 0.3) is 0 Å². The van der Waals surface area contributed by atoms with Gasteiger partial charge < -0.3 is 4.90 Å². The Morgan fingerprint density at radius 3 is 2.41 bits per heavy atom. The zero-order valence-corrected chi connectivity index (χ0v) is 14.7. The fourth-order valence-electron chi connectivity index (χ4n) is 3.10. The summed E-state index contributed by atoms with van der Waals surface area (Å²) in [6.07, 6.45) is -0.309. The first-order valence-electron chi connectivity index (χ1n) is 8.55. The lowest BCUT2D eigenvalue weighted by Crippen LogP contribution is -2.42. The molecule has 1 amide bonds. The van der Waals surface area contributed by atoms with Crippen LogP contribution in [0.5, 0.6) is 0 Å². The Balaban J connectivity index is 1.71. The number of aryl methyl sites for hydroxylation is 1. The topological polar surface area (TPSA) is 63.2 Å². The van der Waals surface area contributed by atoms with Crippen molar-refractivity contribution in [2.75, 3.05) is 13.1 Å². The molecular weight excluding hydrogens is 359 g/mol. The predicted molar refractivity (Wildman–Crippen MR) is 91.2 cm³/mol. The molecule has 3 rings (SSSR count). The number of ketones is 1. The molecule has 27 heavy (non-hydrogen) atoms. The van der Waals surface area contributed by atoms with Gasteiger partial charge in [-0.2, -0.15) is 13.2 Å². The minimum atomic E-state index is -4.44. The van der Waals surface area contributed by atoms with Crippen LogP contribution in [0.2, 0.25) is 0 Å². The maximum atomic E-state index is 12.7. The SMILES string of the molecule is Cc1cnc(C(=O)N2CCCC(C(=O)c3ccc(C(F)(F)F)cc3)C2)cn1. The smallest absolute Gasteiger partial charge is 0.337 e. The molecule has 0 bridgehead atoms. The van der Waals surface area contributed by atoms with E-state index in [1.165, 1.54) is 24.5 Å². The zero-order chi connectivity index (χ0) is 19.6. The summed E-state index contributed by atoms with van der Waals surface area (Å²) in [5, 5.41) is 0. The van der Waals surface area contributed by atoms with Gasteiger partial charge >= 0.3 is 6.18 Å². The van der Waals surface area contributed by atoms with Gasteiger partial charge in [0.2, 0.25) is 0 Å². The van der Waals surface area contributed by atoms with Gasteiger partial charge in [0.05, 0.1) is 17.5 Å². The van der Waals surface area contributed by atoms with Gasteiger partial charge in [-0.05, 0) is 31.9 Å². The van der Waals surface area contributed by atoms with Crippen LogP contribution in [0.3, 0.4) is 0 Å². The van der Waals surface area contributed by atoms with Crippen molar-refractivity contribution in [3.63, 3.8) is 0 Å². The number of halogens is 3. The number of amides is 1. The van der Waals surface area contributed by atoms with Crippen molar-refractivity contribution in [1.29, 1.82) is 0 Å². The van der Waals surface area contributed by atoms with Crippen molar-refractivity contribution in [2.24, 2.45) is 5.92 Å². The average Bonchev–Trinajstić information content (AvgIpc) is 2.67. The second-order valence-corrected chi connectivity index (χ2v) is 6.57. The number of carbonyl (C=O) groups is 2. The number of hydrogen-bond acceptors (Lipinski definition) is 4.